The lowest BCUT2D eigenvalue weighted by Gasteiger charge is -2.06. The molecule has 0 unspecified atom stereocenters. The molecular formula is C16H17N4O3P. The number of hydrogen-bond donors (Lipinski definition) is 3. The highest BCUT2D eigenvalue weighted by Gasteiger charge is 2.14. The van der Waals surface area contributed by atoms with E-state index in [1.54, 1.807) is 29.1 Å². The molecule has 0 amide bonds. The van der Waals surface area contributed by atoms with Crippen LogP contribution >= 0.6 is 7.60 Å². The highest BCUT2D eigenvalue weighted by atomic mass is 31.2. The van der Waals surface area contributed by atoms with Gasteiger partial charge in [-0.15, -0.1) is 5.10 Å². The molecule has 2 aromatic carbocycles. The van der Waals surface area contributed by atoms with Gasteiger partial charge in [-0.25, -0.2) is 4.68 Å². The van der Waals surface area contributed by atoms with Crippen LogP contribution in [0.2, 0.25) is 0 Å². The van der Waals surface area contributed by atoms with Crippen molar-refractivity contribution in [1.29, 1.82) is 0 Å². The van der Waals surface area contributed by atoms with Gasteiger partial charge >= 0.3 is 7.60 Å². The van der Waals surface area contributed by atoms with Crippen LogP contribution in [0.4, 0.5) is 5.69 Å². The van der Waals surface area contributed by atoms with Crippen LogP contribution in [0.5, 0.6) is 0 Å². The van der Waals surface area contributed by atoms with Gasteiger partial charge in [0.05, 0.1) is 24.6 Å². The summed E-state index contributed by atoms with van der Waals surface area (Å²) in [5, 5.41) is 11.4. The average molecular weight is 344 g/mol. The number of nitrogens with one attached hydrogen (secondary N) is 1. The second kappa shape index (κ2) is 6.97. The molecule has 8 heteroatoms. The molecule has 3 N–H and O–H groups in total. The maximum Gasteiger partial charge on any atom is 0.329 e. The SMILES string of the molecule is O=P(O)(O)Cc1cccc(-n2cc(CNc3ccccc3)nn2)c1. The minimum atomic E-state index is -4.09. The summed E-state index contributed by atoms with van der Waals surface area (Å²) in [5.74, 6) is 0. The van der Waals surface area contributed by atoms with Crippen LogP contribution in [0, 0.1) is 0 Å². The monoisotopic (exact) mass is 344 g/mol. The summed E-state index contributed by atoms with van der Waals surface area (Å²) in [6.45, 7) is 0.534. The molecular weight excluding hydrogens is 327 g/mol. The predicted molar refractivity (Wildman–Crippen MR) is 90.9 cm³/mol. The zero-order chi connectivity index (χ0) is 17.0. The second-order valence-corrected chi connectivity index (χ2v) is 7.01. The van der Waals surface area contributed by atoms with Gasteiger partial charge < -0.3 is 15.1 Å². The molecule has 1 aromatic heterocycles. The quantitative estimate of drug-likeness (QED) is 0.594. The zero-order valence-corrected chi connectivity index (χ0v) is 13.7. The Labute approximate surface area is 139 Å². The van der Waals surface area contributed by atoms with Gasteiger partial charge in [-0.2, -0.15) is 0 Å². The van der Waals surface area contributed by atoms with Gasteiger partial charge in [0.25, 0.3) is 0 Å². The van der Waals surface area contributed by atoms with Gasteiger partial charge in [0.15, 0.2) is 0 Å². The molecule has 3 rings (SSSR count). The van der Waals surface area contributed by atoms with Crippen molar-refractivity contribution >= 4 is 13.3 Å². The zero-order valence-electron chi connectivity index (χ0n) is 12.8. The summed E-state index contributed by atoms with van der Waals surface area (Å²) in [6.07, 6.45) is 1.49. The Balaban J connectivity index is 1.71. The van der Waals surface area contributed by atoms with Crippen LogP contribution < -0.4 is 5.32 Å². The lowest BCUT2D eigenvalue weighted by molar-refractivity contribution is 0.371. The molecule has 124 valence electrons. The number of anilines is 1. The Bertz CT molecular complexity index is 861. The minimum Gasteiger partial charge on any atom is -0.379 e. The van der Waals surface area contributed by atoms with Crippen molar-refractivity contribution in [1.82, 2.24) is 15.0 Å². The van der Waals surface area contributed by atoms with E-state index in [-0.39, 0.29) is 6.16 Å². The Morgan fingerprint density at radius 3 is 2.62 bits per heavy atom. The van der Waals surface area contributed by atoms with Crippen LogP contribution in [0.25, 0.3) is 5.69 Å². The molecule has 1 heterocycles. The Kier molecular flexibility index (Phi) is 4.76. The van der Waals surface area contributed by atoms with Crippen LogP contribution in [0.3, 0.4) is 0 Å². The summed E-state index contributed by atoms with van der Waals surface area (Å²) in [5.41, 5.74) is 3.02. The summed E-state index contributed by atoms with van der Waals surface area (Å²) in [7, 11) is -4.09. The average Bonchev–Trinajstić information content (AvgIpc) is 3.02. The number of rotatable bonds is 6. The fourth-order valence-electron chi connectivity index (χ4n) is 2.29. The molecule has 0 radical (unpaired) electrons. The first-order chi connectivity index (χ1) is 11.5. The van der Waals surface area contributed by atoms with Crippen LogP contribution in [0.1, 0.15) is 11.3 Å². The first-order valence-electron chi connectivity index (χ1n) is 7.34. The van der Waals surface area contributed by atoms with E-state index in [1.807, 2.05) is 36.4 Å². The lowest BCUT2D eigenvalue weighted by atomic mass is 10.2. The maximum absolute atomic E-state index is 11.1. The van der Waals surface area contributed by atoms with E-state index in [2.05, 4.69) is 15.6 Å². The highest BCUT2D eigenvalue weighted by Crippen LogP contribution is 2.39. The summed E-state index contributed by atoms with van der Waals surface area (Å²) in [6, 6.07) is 16.7. The lowest BCUT2D eigenvalue weighted by Crippen LogP contribution is -1.99. The van der Waals surface area contributed by atoms with Gasteiger partial charge in [0, 0.05) is 5.69 Å². The molecule has 24 heavy (non-hydrogen) atoms. The third-order valence-electron chi connectivity index (χ3n) is 3.35. The van der Waals surface area contributed by atoms with E-state index in [4.69, 9.17) is 9.79 Å². The highest BCUT2D eigenvalue weighted by molar-refractivity contribution is 7.50. The molecule has 3 aromatic rings. The summed E-state index contributed by atoms with van der Waals surface area (Å²) in [4.78, 5) is 18.2. The van der Waals surface area contributed by atoms with E-state index in [0.29, 0.717) is 17.8 Å². The van der Waals surface area contributed by atoms with Gasteiger partial charge in [-0.3, -0.25) is 4.57 Å². The number of hydrogen-bond acceptors (Lipinski definition) is 4. The summed E-state index contributed by atoms with van der Waals surface area (Å²) >= 11 is 0. The van der Waals surface area contributed by atoms with Gasteiger partial charge in [0.2, 0.25) is 0 Å². The predicted octanol–water partition coefficient (Wildman–Crippen LogP) is 2.56. The van der Waals surface area contributed by atoms with E-state index >= 15 is 0 Å². The van der Waals surface area contributed by atoms with Crippen molar-refractivity contribution < 1.29 is 14.4 Å². The van der Waals surface area contributed by atoms with Crippen LogP contribution in [-0.2, 0) is 17.3 Å². The van der Waals surface area contributed by atoms with Crippen molar-refractivity contribution in [3.05, 3.63) is 72.1 Å². The normalized spacial score (nSPS) is 11.4. The number of nitrogens with zero attached hydrogens (tertiary/aromatic N) is 3. The molecule has 0 aliphatic rings. The topological polar surface area (TPSA) is 100 Å². The van der Waals surface area contributed by atoms with Crippen molar-refractivity contribution in [3.8, 4) is 5.69 Å². The Morgan fingerprint density at radius 1 is 1.08 bits per heavy atom. The molecule has 0 atom stereocenters. The first-order valence-corrected chi connectivity index (χ1v) is 9.13. The van der Waals surface area contributed by atoms with Crippen LogP contribution in [0.15, 0.2) is 60.8 Å². The molecule has 0 aliphatic heterocycles. The molecule has 0 saturated carbocycles. The summed E-state index contributed by atoms with van der Waals surface area (Å²) < 4.78 is 12.7. The fourth-order valence-corrected chi connectivity index (χ4v) is 2.96. The van der Waals surface area contributed by atoms with Crippen molar-refractivity contribution in [2.45, 2.75) is 12.7 Å². The van der Waals surface area contributed by atoms with E-state index in [0.717, 1.165) is 11.4 Å². The smallest absolute Gasteiger partial charge is 0.329 e. The van der Waals surface area contributed by atoms with Crippen LogP contribution in [-0.4, -0.2) is 24.8 Å². The third kappa shape index (κ3) is 4.52. The number of aromatic nitrogens is 3. The van der Waals surface area contributed by atoms with Gasteiger partial charge in [-0.1, -0.05) is 35.5 Å². The van der Waals surface area contributed by atoms with E-state index in [1.165, 1.54) is 0 Å². The Morgan fingerprint density at radius 2 is 1.88 bits per heavy atom. The largest absolute Gasteiger partial charge is 0.379 e. The molecule has 0 saturated heterocycles. The number of para-hydroxylation sites is 1. The third-order valence-corrected chi connectivity index (χ3v) is 4.13. The fraction of sp³-hybridized carbons (Fsp3) is 0.125. The minimum absolute atomic E-state index is 0.294. The maximum atomic E-state index is 11.1. The van der Waals surface area contributed by atoms with Crippen molar-refractivity contribution in [2.24, 2.45) is 0 Å². The molecule has 7 nitrogen and oxygen atoms in total. The molecule has 0 aliphatic carbocycles. The Hall–Kier alpha value is -2.47. The standard InChI is InChI=1S/C16H17N4O3P/c21-24(22,23)12-13-5-4-8-16(9-13)20-11-15(18-19-20)10-17-14-6-2-1-3-7-14/h1-9,11,17H,10,12H2,(H2,21,22,23). The number of benzene rings is 2. The van der Waals surface area contributed by atoms with E-state index in [9.17, 15) is 4.57 Å². The van der Waals surface area contributed by atoms with E-state index < -0.39 is 7.60 Å². The first kappa shape index (κ1) is 16.4. The van der Waals surface area contributed by atoms with Gasteiger partial charge in [-0.05, 0) is 29.8 Å². The van der Waals surface area contributed by atoms with Gasteiger partial charge in [0.1, 0.15) is 5.69 Å². The second-order valence-electron chi connectivity index (χ2n) is 5.37. The molecule has 0 bridgehead atoms. The van der Waals surface area contributed by atoms with Crippen molar-refractivity contribution in [2.75, 3.05) is 5.32 Å². The molecule has 0 fully saturated rings. The van der Waals surface area contributed by atoms with Crippen molar-refractivity contribution in [3.63, 3.8) is 0 Å². The molecule has 0 spiro atoms.